The van der Waals surface area contributed by atoms with E-state index in [9.17, 15) is 14.7 Å². The number of primary amides is 1. The van der Waals surface area contributed by atoms with Crippen molar-refractivity contribution >= 4 is 11.9 Å². The van der Waals surface area contributed by atoms with E-state index in [-0.39, 0.29) is 0 Å². The molecule has 4 heteroatoms. The van der Waals surface area contributed by atoms with Crippen molar-refractivity contribution in [3.05, 3.63) is 0 Å². The van der Waals surface area contributed by atoms with Gasteiger partial charge in [0, 0.05) is 0 Å². The number of aliphatic carboxylic acids is 1. The van der Waals surface area contributed by atoms with Crippen LogP contribution in [0, 0.1) is 16.2 Å². The Kier molecular flexibility index (Phi) is 2.38. The molecule has 0 spiro atoms. The molecule has 1 aliphatic carbocycles. The quantitative estimate of drug-likeness (QED) is 0.727. The number of carboxylic acids is 1. The summed E-state index contributed by atoms with van der Waals surface area (Å²) in [7, 11) is 0. The minimum Gasteiger partial charge on any atom is -0.481 e. The monoisotopic (exact) mass is 213 g/mol. The summed E-state index contributed by atoms with van der Waals surface area (Å²) in [6.45, 7) is 7.10. The third-order valence-electron chi connectivity index (χ3n) is 4.90. The van der Waals surface area contributed by atoms with Crippen LogP contribution in [-0.4, -0.2) is 17.0 Å². The molecule has 0 unspecified atom stereocenters. The van der Waals surface area contributed by atoms with Gasteiger partial charge in [-0.1, -0.05) is 20.8 Å². The third-order valence-corrected chi connectivity index (χ3v) is 4.90. The minimum absolute atomic E-state index is 0.405. The Labute approximate surface area is 89.8 Å². The lowest BCUT2D eigenvalue weighted by molar-refractivity contribution is -0.158. The van der Waals surface area contributed by atoms with Crippen molar-refractivity contribution in [3.8, 4) is 0 Å². The van der Waals surface area contributed by atoms with E-state index in [0.29, 0.717) is 12.8 Å². The molecule has 1 rings (SSSR count). The van der Waals surface area contributed by atoms with Crippen molar-refractivity contribution in [2.75, 3.05) is 0 Å². The van der Waals surface area contributed by atoms with Crippen LogP contribution in [0.1, 0.15) is 40.5 Å². The van der Waals surface area contributed by atoms with E-state index in [4.69, 9.17) is 5.73 Å². The fraction of sp³-hybridized carbons (Fsp3) is 0.818. The molecule has 0 aromatic rings. The summed E-state index contributed by atoms with van der Waals surface area (Å²) in [4.78, 5) is 22.8. The van der Waals surface area contributed by atoms with Gasteiger partial charge in [-0.25, -0.2) is 0 Å². The maximum atomic E-state index is 11.5. The van der Waals surface area contributed by atoms with Gasteiger partial charge >= 0.3 is 5.97 Å². The second-order valence-electron chi connectivity index (χ2n) is 5.46. The van der Waals surface area contributed by atoms with Gasteiger partial charge in [-0.2, -0.15) is 0 Å². The van der Waals surface area contributed by atoms with Crippen LogP contribution in [-0.2, 0) is 9.59 Å². The number of nitrogens with two attached hydrogens (primary N) is 1. The minimum atomic E-state index is -0.878. The molecule has 3 N–H and O–H groups in total. The van der Waals surface area contributed by atoms with Crippen LogP contribution >= 0.6 is 0 Å². The van der Waals surface area contributed by atoms with Crippen LogP contribution in [0.5, 0.6) is 0 Å². The lowest BCUT2D eigenvalue weighted by atomic mass is 9.59. The first-order chi connectivity index (χ1) is 6.59. The van der Waals surface area contributed by atoms with Gasteiger partial charge in [0.15, 0.2) is 0 Å². The first-order valence-electron chi connectivity index (χ1n) is 5.13. The Balaban J connectivity index is 3.26. The number of rotatable bonds is 2. The van der Waals surface area contributed by atoms with Crippen molar-refractivity contribution in [1.82, 2.24) is 0 Å². The molecule has 1 saturated carbocycles. The largest absolute Gasteiger partial charge is 0.481 e. The Bertz CT molecular complexity index is 294. The van der Waals surface area contributed by atoms with Crippen molar-refractivity contribution in [2.24, 2.45) is 22.0 Å². The average Bonchev–Trinajstić information content (AvgIpc) is 2.28. The zero-order valence-electron chi connectivity index (χ0n) is 9.76. The van der Waals surface area contributed by atoms with Gasteiger partial charge in [0.25, 0.3) is 0 Å². The molecule has 1 aliphatic rings. The zero-order chi connectivity index (χ0) is 12.1. The number of carbonyl (C=O) groups is 2. The molecule has 0 bridgehead atoms. The summed E-state index contributed by atoms with van der Waals surface area (Å²) in [6, 6.07) is 0. The maximum absolute atomic E-state index is 11.5. The fourth-order valence-corrected chi connectivity index (χ4v) is 2.54. The fourth-order valence-electron chi connectivity index (χ4n) is 2.54. The van der Waals surface area contributed by atoms with Crippen LogP contribution in [0.4, 0.5) is 0 Å². The summed E-state index contributed by atoms with van der Waals surface area (Å²) in [6.07, 6.45) is 1.03. The molecular formula is C11H19NO3. The second-order valence-corrected chi connectivity index (χ2v) is 5.46. The third kappa shape index (κ3) is 1.20. The molecule has 86 valence electrons. The molecule has 0 aromatic heterocycles. The number of carboxylic acid groups (broad SMARTS) is 1. The number of amides is 1. The summed E-state index contributed by atoms with van der Waals surface area (Å²) in [5, 5.41) is 9.27. The number of carbonyl (C=O) groups excluding carboxylic acids is 1. The number of hydrogen-bond acceptors (Lipinski definition) is 2. The van der Waals surface area contributed by atoms with Gasteiger partial charge in [-0.3, -0.25) is 9.59 Å². The summed E-state index contributed by atoms with van der Waals surface area (Å²) >= 11 is 0. The molecule has 1 fully saturated rings. The molecule has 4 nitrogen and oxygen atoms in total. The number of hydrogen-bond donors (Lipinski definition) is 2. The van der Waals surface area contributed by atoms with Gasteiger partial charge in [0.05, 0.1) is 10.8 Å². The molecule has 0 aliphatic heterocycles. The lowest BCUT2D eigenvalue weighted by Gasteiger charge is -2.43. The van der Waals surface area contributed by atoms with Gasteiger partial charge in [-0.05, 0) is 25.2 Å². The van der Waals surface area contributed by atoms with Crippen molar-refractivity contribution in [1.29, 1.82) is 0 Å². The van der Waals surface area contributed by atoms with Crippen LogP contribution < -0.4 is 5.73 Å². The normalized spacial score (nSPS) is 38.9. The topological polar surface area (TPSA) is 80.4 Å². The molecule has 0 radical (unpaired) electrons. The zero-order valence-corrected chi connectivity index (χ0v) is 9.76. The molecule has 2 atom stereocenters. The van der Waals surface area contributed by atoms with Crippen molar-refractivity contribution in [2.45, 2.75) is 40.5 Å². The van der Waals surface area contributed by atoms with E-state index in [1.807, 2.05) is 13.8 Å². The maximum Gasteiger partial charge on any atom is 0.309 e. The average molecular weight is 213 g/mol. The van der Waals surface area contributed by atoms with Crippen LogP contribution in [0.25, 0.3) is 0 Å². The van der Waals surface area contributed by atoms with E-state index in [1.54, 1.807) is 13.8 Å². The van der Waals surface area contributed by atoms with Gasteiger partial charge in [0.2, 0.25) is 5.91 Å². The van der Waals surface area contributed by atoms with Crippen LogP contribution in [0.15, 0.2) is 0 Å². The molecule has 0 heterocycles. The highest BCUT2D eigenvalue weighted by molar-refractivity contribution is 5.85. The van der Waals surface area contributed by atoms with Crippen LogP contribution in [0.2, 0.25) is 0 Å². The highest BCUT2D eigenvalue weighted by atomic mass is 16.4. The van der Waals surface area contributed by atoms with E-state index in [0.717, 1.165) is 0 Å². The molecule has 15 heavy (non-hydrogen) atoms. The summed E-state index contributed by atoms with van der Waals surface area (Å²) in [5.41, 5.74) is 3.16. The van der Waals surface area contributed by atoms with Gasteiger partial charge < -0.3 is 10.8 Å². The first kappa shape index (κ1) is 12.0. The standard InChI is InChI=1S/C11H19NO3/c1-9(2)10(3,7(12)13)5-6-11(9,4)8(14)15/h5-6H2,1-4H3,(H2,12,13)(H,14,15)/t10-,11+/m0/s1. The first-order valence-corrected chi connectivity index (χ1v) is 5.13. The van der Waals surface area contributed by atoms with Crippen molar-refractivity contribution < 1.29 is 14.7 Å². The molecule has 0 saturated heterocycles. The SMILES string of the molecule is CC1(C)[C@](C)(C(N)=O)CC[C@]1(C)C(=O)O. The van der Waals surface area contributed by atoms with E-state index in [1.165, 1.54) is 0 Å². The van der Waals surface area contributed by atoms with E-state index < -0.39 is 28.1 Å². The van der Waals surface area contributed by atoms with Gasteiger partial charge in [-0.15, -0.1) is 0 Å². The smallest absolute Gasteiger partial charge is 0.309 e. The lowest BCUT2D eigenvalue weighted by Crippen LogP contribution is -2.50. The predicted octanol–water partition coefficient (Wildman–Crippen LogP) is 1.39. The van der Waals surface area contributed by atoms with E-state index in [2.05, 4.69) is 0 Å². The Morgan fingerprint density at radius 3 is 1.67 bits per heavy atom. The molecule has 1 amide bonds. The molecule has 0 aromatic carbocycles. The summed E-state index contributed by atoms with van der Waals surface area (Å²) in [5.74, 6) is -1.25. The predicted molar refractivity (Wildman–Crippen MR) is 56.1 cm³/mol. The molecular weight excluding hydrogens is 194 g/mol. The Morgan fingerprint density at radius 2 is 1.47 bits per heavy atom. The van der Waals surface area contributed by atoms with E-state index >= 15 is 0 Å². The highest BCUT2D eigenvalue weighted by Crippen LogP contribution is 2.62. The van der Waals surface area contributed by atoms with Crippen LogP contribution in [0.3, 0.4) is 0 Å². The highest BCUT2D eigenvalue weighted by Gasteiger charge is 2.64. The Morgan fingerprint density at radius 1 is 1.07 bits per heavy atom. The van der Waals surface area contributed by atoms with Crippen molar-refractivity contribution in [3.63, 3.8) is 0 Å². The van der Waals surface area contributed by atoms with Gasteiger partial charge in [0.1, 0.15) is 0 Å². The second kappa shape index (κ2) is 2.97. The summed E-state index contributed by atoms with van der Waals surface area (Å²) < 4.78 is 0. The Hall–Kier alpha value is -1.06.